The molecule has 0 saturated carbocycles. The van der Waals surface area contributed by atoms with Gasteiger partial charge in [-0.25, -0.2) is 9.18 Å². The molecule has 0 aliphatic heterocycles. The Hall–Kier alpha value is -0.550. The normalized spacial score (nSPS) is 14.3. The van der Waals surface area contributed by atoms with Crippen LogP contribution < -0.4 is 0 Å². The molecule has 0 aromatic heterocycles. The van der Waals surface area contributed by atoms with Gasteiger partial charge in [-0.2, -0.15) is 0 Å². The molecule has 5 heteroatoms. The molecule has 0 aliphatic rings. The van der Waals surface area contributed by atoms with E-state index in [4.69, 9.17) is 0 Å². The van der Waals surface area contributed by atoms with Crippen molar-refractivity contribution in [1.82, 2.24) is 0 Å². The van der Waals surface area contributed by atoms with Crippen molar-refractivity contribution in [3.05, 3.63) is 28.2 Å². The van der Waals surface area contributed by atoms with Crippen molar-refractivity contribution < 1.29 is 13.9 Å². The van der Waals surface area contributed by atoms with Crippen molar-refractivity contribution in [1.29, 1.82) is 0 Å². The Kier molecular flexibility index (Phi) is 4.38. The Balaban J connectivity index is 3.14. The van der Waals surface area contributed by atoms with Gasteiger partial charge in [-0.1, -0.05) is 6.07 Å². The Bertz CT molecular complexity index is 407. The molecule has 0 heterocycles. The molecule has 88 valence electrons. The van der Waals surface area contributed by atoms with Gasteiger partial charge in [0.05, 0.1) is 7.11 Å². The third-order valence-corrected chi connectivity index (χ3v) is 3.98. The Morgan fingerprint density at radius 2 is 2.19 bits per heavy atom. The lowest BCUT2D eigenvalue weighted by atomic mass is 9.98. The lowest BCUT2D eigenvalue weighted by molar-refractivity contribution is -0.154. The lowest BCUT2D eigenvalue weighted by Gasteiger charge is -2.18. The molecule has 1 aromatic rings. The van der Waals surface area contributed by atoms with Crippen LogP contribution in [-0.4, -0.2) is 19.3 Å². The summed E-state index contributed by atoms with van der Waals surface area (Å²) in [7, 11) is 1.17. The molecule has 16 heavy (non-hydrogen) atoms. The van der Waals surface area contributed by atoms with E-state index in [9.17, 15) is 9.18 Å². The van der Waals surface area contributed by atoms with Gasteiger partial charge < -0.3 is 4.74 Å². The molecule has 0 aliphatic carbocycles. The molecule has 0 spiro atoms. The Morgan fingerprint density at radius 1 is 1.56 bits per heavy atom. The molecule has 0 fully saturated rings. The molecule has 1 aromatic carbocycles. The Labute approximate surface area is 107 Å². The van der Waals surface area contributed by atoms with Crippen LogP contribution in [0.15, 0.2) is 27.6 Å². The zero-order valence-electron chi connectivity index (χ0n) is 9.21. The van der Waals surface area contributed by atoms with Gasteiger partial charge in [0.25, 0.3) is 0 Å². The summed E-state index contributed by atoms with van der Waals surface area (Å²) in [5.74, 6) is -0.892. The van der Waals surface area contributed by atoms with Crippen molar-refractivity contribution in [2.24, 2.45) is 0 Å². The zero-order chi connectivity index (χ0) is 12.3. The second-order valence-electron chi connectivity index (χ2n) is 3.34. The fourth-order valence-corrected chi connectivity index (χ4v) is 2.59. The van der Waals surface area contributed by atoms with Gasteiger partial charge in [0.2, 0.25) is 5.67 Å². The Morgan fingerprint density at radius 3 is 2.62 bits per heavy atom. The van der Waals surface area contributed by atoms with E-state index in [-0.39, 0.29) is 5.56 Å². The first-order valence-corrected chi connectivity index (χ1v) is 6.56. The van der Waals surface area contributed by atoms with Gasteiger partial charge in [-0.3, -0.25) is 0 Å². The van der Waals surface area contributed by atoms with Crippen molar-refractivity contribution in [2.45, 2.75) is 17.5 Å². The third-order valence-electron chi connectivity index (χ3n) is 2.26. The van der Waals surface area contributed by atoms with Gasteiger partial charge in [0, 0.05) is 14.9 Å². The van der Waals surface area contributed by atoms with Crippen LogP contribution in [-0.2, 0) is 15.2 Å². The molecule has 0 saturated heterocycles. The average molecular weight is 307 g/mol. The number of alkyl halides is 1. The second kappa shape index (κ2) is 5.19. The van der Waals surface area contributed by atoms with Crippen molar-refractivity contribution in [2.75, 3.05) is 13.4 Å². The van der Waals surface area contributed by atoms with Crippen LogP contribution in [0.2, 0.25) is 0 Å². The highest BCUT2D eigenvalue weighted by Gasteiger charge is 2.36. The van der Waals surface area contributed by atoms with Crippen LogP contribution in [0.5, 0.6) is 0 Å². The van der Waals surface area contributed by atoms with Crippen LogP contribution >= 0.6 is 27.7 Å². The van der Waals surface area contributed by atoms with E-state index in [1.54, 1.807) is 30.0 Å². The highest BCUT2D eigenvalue weighted by Crippen LogP contribution is 2.33. The molecule has 1 unspecified atom stereocenters. The molecule has 0 amide bonds. The minimum Gasteiger partial charge on any atom is -0.466 e. The average Bonchev–Trinajstić information content (AvgIpc) is 2.27. The van der Waals surface area contributed by atoms with Crippen molar-refractivity contribution >= 4 is 33.7 Å². The maximum absolute atomic E-state index is 14.1. The van der Waals surface area contributed by atoms with Gasteiger partial charge >= 0.3 is 5.97 Å². The maximum Gasteiger partial charge on any atom is 0.348 e. The maximum atomic E-state index is 14.1. The van der Waals surface area contributed by atoms with E-state index >= 15 is 0 Å². The van der Waals surface area contributed by atoms with E-state index in [0.29, 0.717) is 0 Å². The SMILES string of the molecule is COC(=O)C(C)(F)c1ccc(SC)c(Br)c1. The van der Waals surface area contributed by atoms with Crippen LogP contribution in [0.3, 0.4) is 0 Å². The van der Waals surface area contributed by atoms with Crippen LogP contribution in [0.25, 0.3) is 0 Å². The number of halogens is 2. The molecular weight excluding hydrogens is 295 g/mol. The molecule has 1 atom stereocenters. The summed E-state index contributed by atoms with van der Waals surface area (Å²) in [6.45, 7) is 1.19. The molecule has 0 radical (unpaired) electrons. The highest BCUT2D eigenvalue weighted by molar-refractivity contribution is 9.10. The number of thioether (sulfide) groups is 1. The minimum absolute atomic E-state index is 0.282. The number of rotatable bonds is 3. The summed E-state index contributed by atoms with van der Waals surface area (Å²) in [5.41, 5.74) is -1.84. The highest BCUT2D eigenvalue weighted by atomic mass is 79.9. The van der Waals surface area contributed by atoms with Gasteiger partial charge in [0.15, 0.2) is 0 Å². The lowest BCUT2D eigenvalue weighted by Crippen LogP contribution is -2.28. The minimum atomic E-state index is -2.12. The first kappa shape index (κ1) is 13.5. The molecule has 2 nitrogen and oxygen atoms in total. The predicted octanol–water partition coefficient (Wildman–Crippen LogP) is 3.53. The number of hydrogen-bond acceptors (Lipinski definition) is 3. The monoisotopic (exact) mass is 306 g/mol. The standard InChI is InChI=1S/C11H12BrFO2S/c1-11(13,10(14)15-2)7-4-5-9(16-3)8(12)6-7/h4-6H,1-3H3. The first-order chi connectivity index (χ1) is 7.43. The summed E-state index contributed by atoms with van der Waals surface area (Å²) in [6, 6.07) is 4.96. The van der Waals surface area contributed by atoms with Crippen molar-refractivity contribution in [3.63, 3.8) is 0 Å². The number of ether oxygens (including phenoxy) is 1. The number of carbonyl (C=O) groups is 1. The fraction of sp³-hybridized carbons (Fsp3) is 0.364. The van der Waals surface area contributed by atoms with Gasteiger partial charge in [0.1, 0.15) is 0 Å². The summed E-state index contributed by atoms with van der Waals surface area (Å²) in [5, 5.41) is 0. The third kappa shape index (κ3) is 2.58. The van der Waals surface area contributed by atoms with Crippen LogP contribution in [0.4, 0.5) is 4.39 Å². The topological polar surface area (TPSA) is 26.3 Å². The zero-order valence-corrected chi connectivity index (χ0v) is 11.6. The smallest absolute Gasteiger partial charge is 0.348 e. The van der Waals surface area contributed by atoms with E-state index in [0.717, 1.165) is 9.37 Å². The van der Waals surface area contributed by atoms with Crippen LogP contribution in [0, 0.1) is 0 Å². The number of methoxy groups -OCH3 is 1. The summed E-state index contributed by atoms with van der Waals surface area (Å²) < 4.78 is 19.3. The fourth-order valence-electron chi connectivity index (χ4n) is 1.27. The largest absolute Gasteiger partial charge is 0.466 e. The molecule has 1 rings (SSSR count). The molecular formula is C11H12BrFO2S. The summed E-state index contributed by atoms with van der Waals surface area (Å²) in [6.07, 6.45) is 1.93. The second-order valence-corrected chi connectivity index (χ2v) is 5.05. The van der Waals surface area contributed by atoms with E-state index < -0.39 is 11.6 Å². The van der Waals surface area contributed by atoms with Gasteiger partial charge in [-0.15, -0.1) is 11.8 Å². The number of benzene rings is 1. The van der Waals surface area contributed by atoms with E-state index in [1.165, 1.54) is 14.0 Å². The quantitative estimate of drug-likeness (QED) is 0.631. The van der Waals surface area contributed by atoms with Crippen molar-refractivity contribution in [3.8, 4) is 0 Å². The first-order valence-electron chi connectivity index (χ1n) is 4.54. The van der Waals surface area contributed by atoms with Gasteiger partial charge in [-0.05, 0) is 41.2 Å². The number of hydrogen-bond donors (Lipinski definition) is 0. The number of carbonyl (C=O) groups excluding carboxylic acids is 1. The van der Waals surface area contributed by atoms with E-state index in [2.05, 4.69) is 20.7 Å². The predicted molar refractivity (Wildman–Crippen MR) is 66.4 cm³/mol. The molecule has 0 N–H and O–H groups in total. The van der Waals surface area contributed by atoms with E-state index in [1.807, 2.05) is 6.26 Å². The van der Waals surface area contributed by atoms with Crippen LogP contribution in [0.1, 0.15) is 12.5 Å². The summed E-state index contributed by atoms with van der Waals surface area (Å²) >= 11 is 4.87. The number of esters is 1. The molecule has 0 bridgehead atoms. The summed E-state index contributed by atoms with van der Waals surface area (Å²) in [4.78, 5) is 12.3.